The topological polar surface area (TPSA) is 101 Å². The van der Waals surface area contributed by atoms with Gasteiger partial charge in [-0.05, 0) is 19.1 Å². The molecule has 0 aliphatic carbocycles. The van der Waals surface area contributed by atoms with Crippen molar-refractivity contribution in [3.8, 4) is 17.1 Å². The minimum Gasteiger partial charge on any atom is -0.481 e. The van der Waals surface area contributed by atoms with Crippen molar-refractivity contribution in [1.29, 1.82) is 0 Å². The minimum absolute atomic E-state index is 0.210. The fraction of sp³-hybridized carbons (Fsp3) is 0.100. The second kappa shape index (κ2) is 7.36. The number of aromatic nitrogens is 4. The number of rotatable bonds is 5. The molecule has 4 aromatic rings. The van der Waals surface area contributed by atoms with Gasteiger partial charge in [0.05, 0.1) is 0 Å². The zero-order valence-electron chi connectivity index (χ0n) is 15.0. The van der Waals surface area contributed by atoms with E-state index in [0.29, 0.717) is 11.6 Å². The maximum absolute atomic E-state index is 12.5. The number of H-pyrrole nitrogens is 1. The van der Waals surface area contributed by atoms with Crippen LogP contribution in [0.1, 0.15) is 6.92 Å². The Morgan fingerprint density at radius 1 is 1.11 bits per heavy atom. The van der Waals surface area contributed by atoms with Crippen LogP contribution in [0.4, 0.5) is 5.82 Å². The van der Waals surface area contributed by atoms with Crippen molar-refractivity contribution >= 4 is 17.5 Å². The summed E-state index contributed by atoms with van der Waals surface area (Å²) in [5, 5.41) is 7.09. The van der Waals surface area contributed by atoms with Gasteiger partial charge in [0.15, 0.2) is 11.9 Å². The molecule has 0 saturated carbocycles. The molecular weight excluding hydrogens is 358 g/mol. The summed E-state index contributed by atoms with van der Waals surface area (Å²) in [6.45, 7) is 1.63. The van der Waals surface area contributed by atoms with E-state index >= 15 is 0 Å². The molecule has 2 aromatic carbocycles. The molecule has 0 spiro atoms. The molecule has 1 amide bonds. The van der Waals surface area contributed by atoms with Crippen molar-refractivity contribution in [2.75, 3.05) is 5.32 Å². The number of aromatic amines is 1. The van der Waals surface area contributed by atoms with Crippen LogP contribution in [0.3, 0.4) is 0 Å². The number of para-hydroxylation sites is 1. The zero-order chi connectivity index (χ0) is 19.5. The van der Waals surface area contributed by atoms with Crippen molar-refractivity contribution in [2.24, 2.45) is 0 Å². The molecule has 0 bridgehead atoms. The molecule has 28 heavy (non-hydrogen) atoms. The lowest BCUT2D eigenvalue weighted by Gasteiger charge is -2.14. The van der Waals surface area contributed by atoms with Crippen LogP contribution >= 0.6 is 0 Å². The van der Waals surface area contributed by atoms with Gasteiger partial charge < -0.3 is 10.1 Å². The summed E-state index contributed by atoms with van der Waals surface area (Å²) < 4.78 is 7.01. The first-order chi connectivity index (χ1) is 13.6. The largest absolute Gasteiger partial charge is 0.481 e. The fourth-order valence-electron chi connectivity index (χ4n) is 2.68. The van der Waals surface area contributed by atoms with Gasteiger partial charge in [-0.1, -0.05) is 48.5 Å². The Labute approximate surface area is 159 Å². The second-order valence-corrected chi connectivity index (χ2v) is 6.12. The van der Waals surface area contributed by atoms with Crippen LogP contribution in [0.25, 0.3) is 17.2 Å². The number of fused-ring (bicyclic) bond motifs is 1. The molecule has 2 aromatic heterocycles. The summed E-state index contributed by atoms with van der Waals surface area (Å²) in [5.74, 6) is 1.05. The second-order valence-electron chi connectivity index (χ2n) is 6.12. The lowest BCUT2D eigenvalue weighted by molar-refractivity contribution is -0.122. The van der Waals surface area contributed by atoms with Crippen LogP contribution in [0, 0.1) is 0 Å². The third-order valence-corrected chi connectivity index (χ3v) is 4.05. The lowest BCUT2D eigenvalue weighted by Crippen LogP contribution is -2.31. The van der Waals surface area contributed by atoms with E-state index in [9.17, 15) is 9.59 Å². The number of nitrogens with one attached hydrogen (secondary N) is 2. The number of hydrogen-bond acceptors (Lipinski definition) is 5. The predicted octanol–water partition coefficient (Wildman–Crippen LogP) is 2.49. The van der Waals surface area contributed by atoms with Gasteiger partial charge in [-0.25, -0.2) is 0 Å². The Morgan fingerprint density at radius 2 is 1.79 bits per heavy atom. The van der Waals surface area contributed by atoms with Gasteiger partial charge in [-0.15, -0.1) is 5.10 Å². The van der Waals surface area contributed by atoms with Crippen LogP contribution in [0.5, 0.6) is 5.75 Å². The third-order valence-electron chi connectivity index (χ3n) is 4.05. The molecule has 2 heterocycles. The molecule has 2 N–H and O–H groups in total. The summed E-state index contributed by atoms with van der Waals surface area (Å²) in [7, 11) is 0. The Kier molecular flexibility index (Phi) is 4.59. The summed E-state index contributed by atoms with van der Waals surface area (Å²) in [6, 6.07) is 19.6. The molecule has 8 heteroatoms. The standard InChI is InChI=1S/C20H17N5O3/c1-13(28-15-10-6-3-7-11-15)19(27)21-16-12-17(26)22-20-23-18(24-25(16)20)14-8-4-2-5-9-14/h2-13H,1H3,(H,21,27)(H,22,23,24,26). The van der Waals surface area contributed by atoms with Crippen LogP contribution < -0.4 is 15.6 Å². The van der Waals surface area contributed by atoms with Crippen molar-refractivity contribution in [2.45, 2.75) is 13.0 Å². The molecule has 0 aliphatic heterocycles. The average Bonchev–Trinajstić information content (AvgIpc) is 3.13. The van der Waals surface area contributed by atoms with Crippen LogP contribution in [0.2, 0.25) is 0 Å². The lowest BCUT2D eigenvalue weighted by atomic mass is 10.2. The van der Waals surface area contributed by atoms with E-state index in [0.717, 1.165) is 5.56 Å². The first-order valence-electron chi connectivity index (χ1n) is 8.68. The molecule has 0 fully saturated rings. The predicted molar refractivity (Wildman–Crippen MR) is 104 cm³/mol. The van der Waals surface area contributed by atoms with E-state index in [1.165, 1.54) is 10.6 Å². The van der Waals surface area contributed by atoms with Gasteiger partial charge >= 0.3 is 0 Å². The van der Waals surface area contributed by atoms with E-state index in [2.05, 4.69) is 20.4 Å². The number of nitrogens with zero attached hydrogens (tertiary/aromatic N) is 3. The number of anilines is 1. The normalized spacial score (nSPS) is 11.9. The molecule has 4 rings (SSSR count). The van der Waals surface area contributed by atoms with E-state index in [4.69, 9.17) is 4.74 Å². The average molecular weight is 375 g/mol. The van der Waals surface area contributed by atoms with E-state index < -0.39 is 17.6 Å². The van der Waals surface area contributed by atoms with E-state index in [-0.39, 0.29) is 11.6 Å². The van der Waals surface area contributed by atoms with Crippen LogP contribution in [-0.4, -0.2) is 31.6 Å². The maximum Gasteiger partial charge on any atom is 0.266 e. The first-order valence-corrected chi connectivity index (χ1v) is 8.68. The third kappa shape index (κ3) is 3.61. The molecule has 8 nitrogen and oxygen atoms in total. The maximum atomic E-state index is 12.5. The van der Waals surface area contributed by atoms with Gasteiger partial charge in [0.2, 0.25) is 5.78 Å². The van der Waals surface area contributed by atoms with Gasteiger partial charge in [0.1, 0.15) is 11.6 Å². The van der Waals surface area contributed by atoms with Crippen molar-refractivity contribution < 1.29 is 9.53 Å². The van der Waals surface area contributed by atoms with Gasteiger partial charge in [-0.2, -0.15) is 9.50 Å². The number of ether oxygens (including phenoxy) is 1. The smallest absolute Gasteiger partial charge is 0.266 e. The SMILES string of the molecule is CC(Oc1ccccc1)C(=O)Nc1cc(=O)[nH]c2nc(-c3ccccc3)nn12. The van der Waals surface area contributed by atoms with Crippen molar-refractivity contribution in [1.82, 2.24) is 19.6 Å². The fourth-order valence-corrected chi connectivity index (χ4v) is 2.68. The number of carbonyl (C=O) groups excluding carboxylic acids is 1. The van der Waals surface area contributed by atoms with Crippen LogP contribution in [0.15, 0.2) is 71.5 Å². The summed E-state index contributed by atoms with van der Waals surface area (Å²) >= 11 is 0. The van der Waals surface area contributed by atoms with E-state index in [1.807, 2.05) is 48.5 Å². The number of carbonyl (C=O) groups is 1. The van der Waals surface area contributed by atoms with Gasteiger partial charge in [0, 0.05) is 11.6 Å². The monoisotopic (exact) mass is 375 g/mol. The molecule has 0 radical (unpaired) electrons. The number of hydrogen-bond donors (Lipinski definition) is 2. The first kappa shape index (κ1) is 17.5. The Balaban J connectivity index is 1.62. The highest BCUT2D eigenvalue weighted by Crippen LogP contribution is 2.17. The molecule has 140 valence electrons. The summed E-state index contributed by atoms with van der Waals surface area (Å²) in [5.41, 5.74) is 0.400. The van der Waals surface area contributed by atoms with Crippen molar-refractivity contribution in [3.63, 3.8) is 0 Å². The Bertz CT molecular complexity index is 1170. The van der Waals surface area contributed by atoms with Crippen LogP contribution in [-0.2, 0) is 4.79 Å². The van der Waals surface area contributed by atoms with Gasteiger partial charge in [-0.3, -0.25) is 14.6 Å². The summed E-state index contributed by atoms with van der Waals surface area (Å²) in [6.07, 6.45) is -0.770. The molecule has 1 unspecified atom stereocenters. The highest BCUT2D eigenvalue weighted by atomic mass is 16.5. The quantitative estimate of drug-likeness (QED) is 0.558. The molecule has 0 saturated heterocycles. The number of benzene rings is 2. The van der Waals surface area contributed by atoms with Crippen molar-refractivity contribution in [3.05, 3.63) is 77.1 Å². The highest BCUT2D eigenvalue weighted by molar-refractivity contribution is 5.93. The number of amides is 1. The summed E-state index contributed by atoms with van der Waals surface area (Å²) in [4.78, 5) is 31.5. The van der Waals surface area contributed by atoms with Gasteiger partial charge in [0.25, 0.3) is 11.5 Å². The molecule has 1 atom stereocenters. The van der Waals surface area contributed by atoms with E-state index in [1.54, 1.807) is 19.1 Å². The molecular formula is C20H17N5O3. The Morgan fingerprint density at radius 3 is 2.50 bits per heavy atom. The Hall–Kier alpha value is -3.94. The zero-order valence-corrected chi connectivity index (χ0v) is 15.0. The molecule has 0 aliphatic rings. The minimum atomic E-state index is -0.770. The highest BCUT2D eigenvalue weighted by Gasteiger charge is 2.18.